The number of hydrogen-bond donors (Lipinski definition) is 1. The first-order valence-corrected chi connectivity index (χ1v) is 9.06. The van der Waals surface area contributed by atoms with Crippen molar-refractivity contribution in [2.24, 2.45) is 0 Å². The smallest absolute Gasteiger partial charge is 0.233 e. The van der Waals surface area contributed by atoms with Gasteiger partial charge in [-0.05, 0) is 24.3 Å². The fourth-order valence-corrected chi connectivity index (χ4v) is 3.12. The maximum absolute atomic E-state index is 12.1. The van der Waals surface area contributed by atoms with E-state index in [1.54, 1.807) is 29.2 Å². The highest BCUT2D eigenvalue weighted by atomic mass is 35.5. The molecule has 1 aromatic carbocycles. The van der Waals surface area contributed by atoms with Crippen LogP contribution in [0.4, 0.5) is 0 Å². The summed E-state index contributed by atoms with van der Waals surface area (Å²) in [7, 11) is 0. The van der Waals surface area contributed by atoms with Crippen molar-refractivity contribution in [3.8, 4) is 5.75 Å². The van der Waals surface area contributed by atoms with E-state index in [4.69, 9.17) is 26.9 Å². The van der Waals surface area contributed by atoms with Gasteiger partial charge in [-0.25, -0.2) is 4.68 Å². The Morgan fingerprint density at radius 2 is 2.00 bits per heavy atom. The minimum atomic E-state index is 0.0373. The lowest BCUT2D eigenvalue weighted by atomic mass is 10.3. The number of aromatic nitrogens is 3. The normalized spacial score (nSPS) is 14.5. The van der Waals surface area contributed by atoms with Crippen molar-refractivity contribution in [3.63, 3.8) is 0 Å². The first-order chi connectivity index (χ1) is 12.1. The van der Waals surface area contributed by atoms with Gasteiger partial charge in [-0.3, -0.25) is 4.79 Å². The molecule has 0 radical (unpaired) electrons. The highest BCUT2D eigenvalue weighted by Crippen LogP contribution is 2.18. The number of nitrogen functional groups attached to an aromatic ring is 1. The molecule has 2 aromatic rings. The molecule has 0 spiro atoms. The molecule has 10 heteroatoms. The lowest BCUT2D eigenvalue weighted by molar-refractivity contribution is -0.132. The van der Waals surface area contributed by atoms with Crippen molar-refractivity contribution in [1.82, 2.24) is 19.8 Å². The van der Waals surface area contributed by atoms with Gasteiger partial charge in [-0.1, -0.05) is 23.4 Å². The van der Waals surface area contributed by atoms with Gasteiger partial charge in [0.2, 0.25) is 11.1 Å². The van der Waals surface area contributed by atoms with Crippen LogP contribution < -0.4 is 10.6 Å². The second-order valence-corrected chi connectivity index (χ2v) is 6.67. The summed E-state index contributed by atoms with van der Waals surface area (Å²) in [5, 5.41) is 9.13. The summed E-state index contributed by atoms with van der Waals surface area (Å²) in [5.74, 6) is 7.40. The SMILES string of the molecule is Nn1c(COc2ccc(Cl)cc2)nnc1SCC(=O)N1CCOCC1. The van der Waals surface area contributed by atoms with Crippen molar-refractivity contribution in [1.29, 1.82) is 0 Å². The van der Waals surface area contributed by atoms with Crippen LogP contribution >= 0.6 is 23.4 Å². The average molecular weight is 384 g/mol. The minimum Gasteiger partial charge on any atom is -0.486 e. The highest BCUT2D eigenvalue weighted by molar-refractivity contribution is 7.99. The summed E-state index contributed by atoms with van der Waals surface area (Å²) < 4.78 is 12.2. The van der Waals surface area contributed by atoms with Gasteiger partial charge >= 0.3 is 0 Å². The third kappa shape index (κ3) is 4.77. The van der Waals surface area contributed by atoms with Crippen LogP contribution in [0, 0.1) is 0 Å². The molecule has 8 nitrogen and oxygen atoms in total. The molecular formula is C15H18ClN5O3S. The van der Waals surface area contributed by atoms with E-state index in [9.17, 15) is 4.79 Å². The molecule has 0 saturated carbocycles. The summed E-state index contributed by atoms with van der Waals surface area (Å²) in [6.45, 7) is 2.57. The maximum atomic E-state index is 12.1. The molecule has 0 unspecified atom stereocenters. The molecule has 134 valence electrons. The Kier molecular flexibility index (Phi) is 6.00. The van der Waals surface area contributed by atoms with Gasteiger partial charge in [0, 0.05) is 18.1 Å². The number of carbonyl (C=O) groups is 1. The number of thioether (sulfide) groups is 1. The van der Waals surface area contributed by atoms with Gasteiger partial charge in [0.1, 0.15) is 12.4 Å². The first kappa shape index (κ1) is 17.8. The van der Waals surface area contributed by atoms with Crippen LogP contribution in [0.5, 0.6) is 5.75 Å². The molecule has 0 atom stereocenters. The van der Waals surface area contributed by atoms with Gasteiger partial charge in [0.15, 0.2) is 5.82 Å². The fourth-order valence-electron chi connectivity index (χ4n) is 2.21. The molecule has 1 saturated heterocycles. The molecule has 1 amide bonds. The summed E-state index contributed by atoms with van der Waals surface area (Å²) in [5.41, 5.74) is 0. The second kappa shape index (κ2) is 8.41. The Labute approximate surface area is 154 Å². The number of nitrogens with two attached hydrogens (primary N) is 1. The predicted octanol–water partition coefficient (Wildman–Crippen LogP) is 1.18. The van der Waals surface area contributed by atoms with Gasteiger partial charge in [-0.15, -0.1) is 10.2 Å². The second-order valence-electron chi connectivity index (χ2n) is 5.29. The Hall–Kier alpha value is -1.97. The zero-order valence-corrected chi connectivity index (χ0v) is 15.0. The molecule has 3 rings (SSSR count). The van der Waals surface area contributed by atoms with Gasteiger partial charge < -0.3 is 20.2 Å². The zero-order chi connectivity index (χ0) is 17.6. The summed E-state index contributed by atoms with van der Waals surface area (Å²) in [6, 6.07) is 7.00. The number of benzene rings is 1. The molecular weight excluding hydrogens is 366 g/mol. The van der Waals surface area contributed by atoms with E-state index in [0.717, 1.165) is 0 Å². The fraction of sp³-hybridized carbons (Fsp3) is 0.400. The van der Waals surface area contributed by atoms with E-state index in [2.05, 4.69) is 10.2 Å². The van der Waals surface area contributed by atoms with Gasteiger partial charge in [0.05, 0.1) is 19.0 Å². The lowest BCUT2D eigenvalue weighted by Crippen LogP contribution is -2.41. The standard InChI is InChI=1S/C15H18ClN5O3S/c16-11-1-3-12(4-2-11)24-9-13-18-19-15(21(13)17)25-10-14(22)20-5-7-23-8-6-20/h1-4H,5-10,17H2. The molecule has 1 aliphatic rings. The van der Waals surface area contributed by atoms with Crippen molar-refractivity contribution in [3.05, 3.63) is 35.1 Å². The summed E-state index contributed by atoms with van der Waals surface area (Å²) >= 11 is 7.08. The third-order valence-corrected chi connectivity index (χ3v) is 4.79. The minimum absolute atomic E-state index is 0.0373. The van der Waals surface area contributed by atoms with Crippen molar-refractivity contribution in [2.75, 3.05) is 37.9 Å². The molecule has 25 heavy (non-hydrogen) atoms. The van der Waals surface area contributed by atoms with Crippen LogP contribution in [0.3, 0.4) is 0 Å². The van der Waals surface area contributed by atoms with Gasteiger partial charge in [0.25, 0.3) is 0 Å². The Morgan fingerprint density at radius 3 is 2.72 bits per heavy atom. The average Bonchev–Trinajstić information content (AvgIpc) is 3.00. The van der Waals surface area contributed by atoms with Crippen LogP contribution in [0.25, 0.3) is 0 Å². The number of morpholine rings is 1. The number of carbonyl (C=O) groups excluding carboxylic acids is 1. The van der Waals surface area contributed by atoms with E-state index in [1.165, 1.54) is 16.4 Å². The number of ether oxygens (including phenoxy) is 2. The molecule has 1 fully saturated rings. The Bertz CT molecular complexity index is 718. The Morgan fingerprint density at radius 1 is 1.28 bits per heavy atom. The molecule has 1 aromatic heterocycles. The molecule has 0 bridgehead atoms. The molecule has 1 aliphatic heterocycles. The molecule has 0 aliphatic carbocycles. The van der Waals surface area contributed by atoms with Crippen LogP contribution in [-0.4, -0.2) is 57.7 Å². The summed E-state index contributed by atoms with van der Waals surface area (Å²) in [6.07, 6.45) is 0. The number of rotatable bonds is 6. The van der Waals surface area contributed by atoms with Crippen LogP contribution in [0.15, 0.2) is 29.4 Å². The quantitative estimate of drug-likeness (QED) is 0.591. The van der Waals surface area contributed by atoms with Crippen molar-refractivity contribution < 1.29 is 14.3 Å². The van der Waals surface area contributed by atoms with Crippen LogP contribution in [-0.2, 0) is 16.1 Å². The molecule has 2 N–H and O–H groups in total. The largest absolute Gasteiger partial charge is 0.486 e. The monoisotopic (exact) mass is 383 g/mol. The summed E-state index contributed by atoms with van der Waals surface area (Å²) in [4.78, 5) is 13.9. The lowest BCUT2D eigenvalue weighted by Gasteiger charge is -2.26. The van der Waals surface area contributed by atoms with Crippen LogP contribution in [0.2, 0.25) is 5.02 Å². The van der Waals surface area contributed by atoms with Crippen molar-refractivity contribution >= 4 is 29.3 Å². The maximum Gasteiger partial charge on any atom is 0.233 e. The Balaban J connectivity index is 1.51. The first-order valence-electron chi connectivity index (χ1n) is 7.69. The highest BCUT2D eigenvalue weighted by Gasteiger charge is 2.19. The topological polar surface area (TPSA) is 95.5 Å². The third-order valence-electron chi connectivity index (χ3n) is 3.61. The zero-order valence-electron chi connectivity index (χ0n) is 13.4. The number of amides is 1. The van der Waals surface area contributed by atoms with Crippen LogP contribution in [0.1, 0.15) is 5.82 Å². The number of hydrogen-bond acceptors (Lipinski definition) is 7. The molecule has 2 heterocycles. The number of halogens is 1. The predicted molar refractivity (Wildman–Crippen MR) is 94.1 cm³/mol. The van der Waals surface area contributed by atoms with E-state index < -0.39 is 0 Å². The number of nitrogens with zero attached hydrogens (tertiary/aromatic N) is 4. The van der Waals surface area contributed by atoms with E-state index in [1.807, 2.05) is 0 Å². The van der Waals surface area contributed by atoms with Gasteiger partial charge in [-0.2, -0.15) is 0 Å². The van der Waals surface area contributed by atoms with E-state index in [0.29, 0.717) is 48.1 Å². The van der Waals surface area contributed by atoms with Crippen molar-refractivity contribution in [2.45, 2.75) is 11.8 Å². The van der Waals surface area contributed by atoms with E-state index >= 15 is 0 Å². The van der Waals surface area contributed by atoms with E-state index in [-0.39, 0.29) is 18.3 Å².